The fraction of sp³-hybridized carbons (Fsp3) is 0.412. The van der Waals surface area contributed by atoms with Crippen LogP contribution in [0.3, 0.4) is 0 Å². The van der Waals surface area contributed by atoms with Crippen molar-refractivity contribution in [2.24, 2.45) is 4.99 Å². The number of aromatic nitrogens is 2. The van der Waals surface area contributed by atoms with Crippen LogP contribution in [-0.2, 0) is 14.3 Å². The first-order valence-corrected chi connectivity index (χ1v) is 9.90. The Morgan fingerprint density at radius 3 is 2.83 bits per heavy atom. The number of ether oxygens (including phenoxy) is 2. The molecule has 30 heavy (non-hydrogen) atoms. The van der Waals surface area contributed by atoms with Crippen LogP contribution in [0.15, 0.2) is 34.0 Å². The number of unbranched alkanes of at least 4 members (excludes halogenated alkanes) is 1. The lowest BCUT2D eigenvalue weighted by Gasteiger charge is -2.21. The van der Waals surface area contributed by atoms with Gasteiger partial charge in [-0.1, -0.05) is 0 Å². The molecule has 12 nitrogen and oxygen atoms in total. The number of benzene rings is 1. The molecule has 1 aromatic carbocycles. The summed E-state index contributed by atoms with van der Waals surface area (Å²) in [5.41, 5.74) is 2.26. The van der Waals surface area contributed by atoms with Gasteiger partial charge in [0.2, 0.25) is 5.96 Å². The zero-order valence-corrected chi connectivity index (χ0v) is 17.5. The van der Waals surface area contributed by atoms with Crippen molar-refractivity contribution in [3.63, 3.8) is 0 Å². The summed E-state index contributed by atoms with van der Waals surface area (Å²) >= 11 is 3.54. The van der Waals surface area contributed by atoms with Gasteiger partial charge in [-0.3, -0.25) is 30.2 Å². The number of hydrogen-bond acceptors (Lipinski definition) is 12. The van der Waals surface area contributed by atoms with Crippen molar-refractivity contribution in [1.29, 1.82) is 0 Å². The van der Waals surface area contributed by atoms with E-state index in [0.29, 0.717) is 31.9 Å². The van der Waals surface area contributed by atoms with Crippen LogP contribution in [0.25, 0.3) is 11.0 Å². The zero-order chi connectivity index (χ0) is 21.3. The third-order valence-electron chi connectivity index (χ3n) is 4.06. The Morgan fingerprint density at radius 2 is 2.00 bits per heavy atom. The first-order chi connectivity index (χ1) is 14.5. The minimum Gasteiger partial charge on any atom is -0.434 e. The molecule has 0 spiro atoms. The standard InChI is InChI=1S/C17H21BrN6O6/c18-14-12(3-4-13-15(14)20-6-5-19-13)22-16-21-7-8-23(16)11-29-17(25)28-9-1-2-10-30-24(26)27/h3-6,26-27H,1-2,7-11H2,(H,21,22). The van der Waals surface area contributed by atoms with Crippen LogP contribution >= 0.6 is 15.9 Å². The van der Waals surface area contributed by atoms with E-state index in [1.807, 2.05) is 12.1 Å². The van der Waals surface area contributed by atoms with Gasteiger partial charge in [0.15, 0.2) is 6.73 Å². The molecule has 0 aliphatic carbocycles. The Kier molecular flexibility index (Phi) is 8.10. The highest BCUT2D eigenvalue weighted by Gasteiger charge is 2.20. The Labute approximate surface area is 180 Å². The number of aliphatic imine (C=N–C) groups is 1. The monoisotopic (exact) mass is 484 g/mol. The SMILES string of the molecule is O=C(OCCCCON(O)O)OCN1CCN=C1Nc1ccc2nccnc2c1Br. The average Bonchev–Trinajstić information content (AvgIpc) is 3.18. The topological polar surface area (TPSA) is 142 Å². The number of carbonyl (C=O) groups excluding carboxylic acids is 1. The van der Waals surface area contributed by atoms with E-state index in [4.69, 9.17) is 19.9 Å². The third kappa shape index (κ3) is 6.21. The fourth-order valence-electron chi connectivity index (χ4n) is 2.62. The molecule has 0 bridgehead atoms. The largest absolute Gasteiger partial charge is 0.510 e. The molecule has 2 heterocycles. The highest BCUT2D eigenvalue weighted by Crippen LogP contribution is 2.29. The number of nitrogens with one attached hydrogen (secondary N) is 1. The van der Waals surface area contributed by atoms with Crippen molar-refractivity contribution in [3.05, 3.63) is 29.0 Å². The maximum Gasteiger partial charge on any atom is 0.510 e. The van der Waals surface area contributed by atoms with Crippen LogP contribution in [0.5, 0.6) is 0 Å². The Balaban J connectivity index is 1.44. The molecule has 3 N–H and O–H groups in total. The summed E-state index contributed by atoms with van der Waals surface area (Å²) in [6, 6.07) is 3.72. The predicted molar refractivity (Wildman–Crippen MR) is 108 cm³/mol. The van der Waals surface area contributed by atoms with Crippen LogP contribution in [0.4, 0.5) is 10.5 Å². The smallest absolute Gasteiger partial charge is 0.434 e. The van der Waals surface area contributed by atoms with Crippen LogP contribution < -0.4 is 5.32 Å². The molecular weight excluding hydrogens is 464 g/mol. The van der Waals surface area contributed by atoms with Crippen LogP contribution in [0, 0.1) is 0 Å². The van der Waals surface area contributed by atoms with Gasteiger partial charge in [0.25, 0.3) is 0 Å². The third-order valence-corrected chi connectivity index (χ3v) is 4.86. The van der Waals surface area contributed by atoms with Gasteiger partial charge in [0.05, 0.1) is 40.8 Å². The molecule has 0 atom stereocenters. The van der Waals surface area contributed by atoms with Gasteiger partial charge in [-0.2, -0.15) is 0 Å². The molecular formula is C17H21BrN6O6. The highest BCUT2D eigenvalue weighted by atomic mass is 79.9. The number of fused-ring (bicyclic) bond motifs is 1. The van der Waals surface area contributed by atoms with Crippen molar-refractivity contribution < 1.29 is 29.5 Å². The summed E-state index contributed by atoms with van der Waals surface area (Å²) < 4.78 is 10.9. The number of anilines is 1. The van der Waals surface area contributed by atoms with Crippen molar-refractivity contribution >= 4 is 44.8 Å². The van der Waals surface area contributed by atoms with Crippen molar-refractivity contribution in [2.45, 2.75) is 12.8 Å². The van der Waals surface area contributed by atoms with Gasteiger partial charge < -0.3 is 19.7 Å². The average molecular weight is 485 g/mol. The summed E-state index contributed by atoms with van der Waals surface area (Å²) in [5.74, 6) is 0.571. The second-order valence-corrected chi connectivity index (χ2v) is 6.90. The maximum absolute atomic E-state index is 11.7. The molecule has 1 aliphatic rings. The number of guanidine groups is 1. The molecule has 0 saturated heterocycles. The van der Waals surface area contributed by atoms with Crippen molar-refractivity contribution in [3.8, 4) is 0 Å². The quantitative estimate of drug-likeness (QED) is 0.274. The summed E-state index contributed by atoms with van der Waals surface area (Å²) in [6.07, 6.45) is 3.42. The lowest BCUT2D eigenvalue weighted by Crippen LogP contribution is -2.36. The number of hydrogen-bond donors (Lipinski definition) is 3. The normalized spacial score (nSPS) is 13.6. The molecule has 0 saturated carbocycles. The minimum atomic E-state index is -0.796. The molecule has 0 radical (unpaired) electrons. The molecule has 0 fully saturated rings. The molecule has 1 aliphatic heterocycles. The number of carbonyl (C=O) groups is 1. The van der Waals surface area contributed by atoms with E-state index in [1.54, 1.807) is 17.3 Å². The van der Waals surface area contributed by atoms with Crippen LogP contribution in [-0.4, -0.2) is 75.8 Å². The summed E-state index contributed by atoms with van der Waals surface area (Å²) in [6.45, 7) is 1.36. The van der Waals surface area contributed by atoms with E-state index in [-0.39, 0.29) is 25.3 Å². The lowest BCUT2D eigenvalue weighted by atomic mass is 10.2. The molecule has 2 aromatic rings. The van der Waals surface area contributed by atoms with Gasteiger partial charge in [-0.25, -0.2) is 4.79 Å². The zero-order valence-electron chi connectivity index (χ0n) is 15.9. The summed E-state index contributed by atoms with van der Waals surface area (Å²) in [4.78, 5) is 30.9. The first-order valence-electron chi connectivity index (χ1n) is 9.10. The second-order valence-electron chi connectivity index (χ2n) is 6.11. The molecule has 0 amide bonds. The predicted octanol–water partition coefficient (Wildman–Crippen LogP) is 2.38. The Morgan fingerprint density at radius 1 is 1.20 bits per heavy atom. The number of rotatable bonds is 9. The van der Waals surface area contributed by atoms with E-state index in [2.05, 4.69) is 41.0 Å². The van der Waals surface area contributed by atoms with Crippen molar-refractivity contribution in [2.75, 3.05) is 38.4 Å². The van der Waals surface area contributed by atoms with Gasteiger partial charge in [0, 0.05) is 18.9 Å². The second kappa shape index (κ2) is 11.0. The minimum absolute atomic E-state index is 0.0111. The van der Waals surface area contributed by atoms with Gasteiger partial charge >= 0.3 is 6.16 Å². The first kappa shape index (κ1) is 22.1. The lowest BCUT2D eigenvalue weighted by molar-refractivity contribution is -0.492. The van der Waals surface area contributed by atoms with E-state index in [0.717, 1.165) is 21.2 Å². The van der Waals surface area contributed by atoms with Crippen molar-refractivity contribution in [1.82, 2.24) is 20.3 Å². The number of nitrogens with zero attached hydrogens (tertiary/aromatic N) is 5. The molecule has 162 valence electrons. The summed E-state index contributed by atoms with van der Waals surface area (Å²) in [5, 5.41) is 19.6. The van der Waals surface area contributed by atoms with Crippen LogP contribution in [0.2, 0.25) is 0 Å². The van der Waals surface area contributed by atoms with Crippen LogP contribution in [0.1, 0.15) is 12.8 Å². The Hall–Kier alpha value is -2.58. The van der Waals surface area contributed by atoms with E-state index < -0.39 is 6.16 Å². The van der Waals surface area contributed by atoms with Gasteiger partial charge in [-0.15, -0.1) is 0 Å². The summed E-state index contributed by atoms with van der Waals surface area (Å²) in [7, 11) is 0. The maximum atomic E-state index is 11.7. The molecule has 1 aromatic heterocycles. The fourth-order valence-corrected chi connectivity index (χ4v) is 3.16. The molecule has 0 unspecified atom stereocenters. The van der Waals surface area contributed by atoms with E-state index in [1.165, 1.54) is 0 Å². The van der Waals surface area contributed by atoms with Gasteiger partial charge in [0.1, 0.15) is 5.52 Å². The Bertz CT molecular complexity index is 898. The van der Waals surface area contributed by atoms with Gasteiger partial charge in [-0.05, 0) is 40.9 Å². The van der Waals surface area contributed by atoms with E-state index in [9.17, 15) is 4.79 Å². The highest BCUT2D eigenvalue weighted by molar-refractivity contribution is 9.10. The number of halogens is 1. The molecule has 3 rings (SSSR count). The van der Waals surface area contributed by atoms with E-state index >= 15 is 0 Å². The molecule has 13 heteroatoms.